The maximum atomic E-state index is 5.93. The van der Waals surface area contributed by atoms with Gasteiger partial charge in [0.1, 0.15) is 10.8 Å². The first-order chi connectivity index (χ1) is 10.2. The molecule has 3 nitrogen and oxygen atoms in total. The Labute approximate surface area is 136 Å². The maximum absolute atomic E-state index is 5.93. The number of hydrogen-bond acceptors (Lipinski definition) is 4. The molecule has 2 aliphatic carbocycles. The Morgan fingerprint density at radius 2 is 2.14 bits per heavy atom. The summed E-state index contributed by atoms with van der Waals surface area (Å²) in [6, 6.07) is 2.64. The molecule has 1 aromatic rings. The second kappa shape index (κ2) is 6.53. The van der Waals surface area contributed by atoms with Crippen molar-refractivity contribution in [2.24, 2.45) is 5.73 Å². The van der Waals surface area contributed by atoms with E-state index >= 15 is 0 Å². The Bertz CT molecular complexity index is 545. The second-order valence-electron chi connectivity index (χ2n) is 6.02. The van der Waals surface area contributed by atoms with Crippen LogP contribution in [0.4, 0.5) is 5.82 Å². The first-order valence-electron chi connectivity index (χ1n) is 7.81. The summed E-state index contributed by atoms with van der Waals surface area (Å²) in [6.45, 7) is 0. The number of nitrogens with zero attached hydrogens (tertiary/aromatic N) is 1. The predicted molar refractivity (Wildman–Crippen MR) is 95.3 cm³/mol. The van der Waals surface area contributed by atoms with Crippen molar-refractivity contribution in [3.8, 4) is 0 Å². The Balaban J connectivity index is 1.88. The third-order valence-corrected chi connectivity index (χ3v) is 6.03. The van der Waals surface area contributed by atoms with Crippen molar-refractivity contribution < 1.29 is 0 Å². The van der Waals surface area contributed by atoms with Crippen LogP contribution in [0.2, 0.25) is 0 Å². The van der Waals surface area contributed by atoms with Gasteiger partial charge in [-0.05, 0) is 50.0 Å². The van der Waals surface area contributed by atoms with Gasteiger partial charge in [0.05, 0.1) is 5.56 Å². The number of fused-ring (bicyclic) bond motifs is 1. The van der Waals surface area contributed by atoms with E-state index in [2.05, 4.69) is 17.6 Å². The van der Waals surface area contributed by atoms with E-state index in [1.165, 1.54) is 43.4 Å². The van der Waals surface area contributed by atoms with Crippen molar-refractivity contribution in [3.63, 3.8) is 0 Å². The van der Waals surface area contributed by atoms with Crippen molar-refractivity contribution in [1.82, 2.24) is 4.98 Å². The summed E-state index contributed by atoms with van der Waals surface area (Å²) in [5.41, 5.74) is 9.41. The quantitative estimate of drug-likeness (QED) is 0.834. The van der Waals surface area contributed by atoms with E-state index in [1.807, 2.05) is 11.8 Å². The summed E-state index contributed by atoms with van der Waals surface area (Å²) < 4.78 is 0. The molecule has 0 saturated heterocycles. The zero-order valence-corrected chi connectivity index (χ0v) is 14.2. The van der Waals surface area contributed by atoms with Crippen LogP contribution in [0, 0.1) is 0 Å². The SMILES string of the molecule is CSC1CCCCC1Nc1nc2c(cc1C(N)=S)CCC2. The van der Waals surface area contributed by atoms with Gasteiger partial charge in [0, 0.05) is 17.0 Å². The number of nitrogens with two attached hydrogens (primary N) is 1. The topological polar surface area (TPSA) is 50.9 Å². The normalized spacial score (nSPS) is 24.6. The monoisotopic (exact) mass is 321 g/mol. The van der Waals surface area contributed by atoms with Gasteiger partial charge in [-0.2, -0.15) is 11.8 Å². The molecule has 21 heavy (non-hydrogen) atoms. The summed E-state index contributed by atoms with van der Waals surface area (Å²) in [4.78, 5) is 5.30. The van der Waals surface area contributed by atoms with Crippen LogP contribution in [0.15, 0.2) is 6.07 Å². The molecule has 2 unspecified atom stereocenters. The van der Waals surface area contributed by atoms with Gasteiger partial charge >= 0.3 is 0 Å². The molecule has 1 saturated carbocycles. The van der Waals surface area contributed by atoms with E-state index in [1.54, 1.807) is 0 Å². The molecular formula is C16H23N3S2. The van der Waals surface area contributed by atoms with Crippen LogP contribution >= 0.6 is 24.0 Å². The highest BCUT2D eigenvalue weighted by molar-refractivity contribution is 7.99. The first kappa shape index (κ1) is 15.1. The molecule has 3 rings (SSSR count). The number of aromatic nitrogens is 1. The highest BCUT2D eigenvalue weighted by Gasteiger charge is 2.26. The third kappa shape index (κ3) is 3.19. The van der Waals surface area contributed by atoms with E-state index in [-0.39, 0.29) is 0 Å². The molecule has 3 N–H and O–H groups in total. The third-order valence-electron chi connectivity index (χ3n) is 4.64. The van der Waals surface area contributed by atoms with Gasteiger partial charge in [0.2, 0.25) is 0 Å². The van der Waals surface area contributed by atoms with Gasteiger partial charge in [0.25, 0.3) is 0 Å². The van der Waals surface area contributed by atoms with Crippen molar-refractivity contribution in [2.75, 3.05) is 11.6 Å². The summed E-state index contributed by atoms with van der Waals surface area (Å²) in [5.74, 6) is 0.911. The fourth-order valence-electron chi connectivity index (χ4n) is 3.49. The summed E-state index contributed by atoms with van der Waals surface area (Å²) >= 11 is 7.20. The number of anilines is 1. The summed E-state index contributed by atoms with van der Waals surface area (Å²) in [7, 11) is 0. The highest BCUT2D eigenvalue weighted by atomic mass is 32.2. The number of thioether (sulfide) groups is 1. The van der Waals surface area contributed by atoms with Crippen molar-refractivity contribution in [2.45, 2.75) is 56.2 Å². The zero-order valence-electron chi connectivity index (χ0n) is 12.5. The molecule has 0 amide bonds. The lowest BCUT2D eigenvalue weighted by Crippen LogP contribution is -2.35. The summed E-state index contributed by atoms with van der Waals surface area (Å²) in [5, 5.41) is 4.32. The minimum Gasteiger partial charge on any atom is -0.389 e. The van der Waals surface area contributed by atoms with Crippen LogP contribution in [0.5, 0.6) is 0 Å². The molecule has 2 aliphatic rings. The fourth-order valence-corrected chi connectivity index (χ4v) is 4.58. The first-order valence-corrected chi connectivity index (χ1v) is 9.50. The van der Waals surface area contributed by atoms with Crippen LogP contribution < -0.4 is 11.1 Å². The average Bonchev–Trinajstić information content (AvgIpc) is 2.94. The summed E-state index contributed by atoms with van der Waals surface area (Å²) in [6.07, 6.45) is 10.7. The standard InChI is InChI=1S/C16H23N3S2/c1-21-14-8-3-2-6-13(14)19-16-11(15(17)20)9-10-5-4-7-12(10)18-16/h9,13-14H,2-8H2,1H3,(H2,17,20)(H,18,19). The molecule has 0 radical (unpaired) electrons. The van der Waals surface area contributed by atoms with Gasteiger partial charge in [-0.25, -0.2) is 4.98 Å². The zero-order chi connectivity index (χ0) is 14.8. The largest absolute Gasteiger partial charge is 0.389 e. The average molecular weight is 322 g/mol. The molecule has 0 aliphatic heterocycles. The number of nitrogens with one attached hydrogen (secondary N) is 1. The molecule has 1 fully saturated rings. The van der Waals surface area contributed by atoms with E-state index in [0.29, 0.717) is 16.3 Å². The molecule has 1 aromatic heterocycles. The lowest BCUT2D eigenvalue weighted by atomic mass is 9.94. The minimum atomic E-state index is 0.455. The number of pyridine rings is 1. The van der Waals surface area contributed by atoms with Crippen molar-refractivity contribution >= 4 is 34.8 Å². The van der Waals surface area contributed by atoms with Gasteiger partial charge < -0.3 is 11.1 Å². The Kier molecular flexibility index (Phi) is 4.69. The van der Waals surface area contributed by atoms with Crippen molar-refractivity contribution in [1.29, 1.82) is 0 Å². The van der Waals surface area contributed by atoms with Gasteiger partial charge in [-0.15, -0.1) is 0 Å². The molecule has 0 bridgehead atoms. The van der Waals surface area contributed by atoms with E-state index in [9.17, 15) is 0 Å². The molecule has 0 spiro atoms. The highest BCUT2D eigenvalue weighted by Crippen LogP contribution is 2.31. The maximum Gasteiger partial charge on any atom is 0.136 e. The lowest BCUT2D eigenvalue weighted by Gasteiger charge is -2.32. The molecular weight excluding hydrogens is 298 g/mol. The van der Waals surface area contributed by atoms with E-state index < -0.39 is 0 Å². The molecule has 1 heterocycles. The van der Waals surface area contributed by atoms with Crippen LogP contribution in [-0.2, 0) is 12.8 Å². The van der Waals surface area contributed by atoms with E-state index in [0.717, 1.165) is 24.2 Å². The number of aryl methyl sites for hydroxylation is 2. The smallest absolute Gasteiger partial charge is 0.136 e. The fraction of sp³-hybridized carbons (Fsp3) is 0.625. The van der Waals surface area contributed by atoms with Crippen LogP contribution in [-0.4, -0.2) is 27.5 Å². The van der Waals surface area contributed by atoms with Crippen LogP contribution in [0.3, 0.4) is 0 Å². The molecule has 5 heteroatoms. The predicted octanol–water partition coefficient (Wildman–Crippen LogP) is 3.29. The molecule has 2 atom stereocenters. The number of rotatable bonds is 4. The Morgan fingerprint density at radius 1 is 1.33 bits per heavy atom. The molecule has 114 valence electrons. The molecule has 0 aromatic carbocycles. The van der Waals surface area contributed by atoms with Gasteiger partial charge in [-0.3, -0.25) is 0 Å². The van der Waals surface area contributed by atoms with Crippen molar-refractivity contribution in [3.05, 3.63) is 22.9 Å². The van der Waals surface area contributed by atoms with Crippen LogP contribution in [0.25, 0.3) is 0 Å². The second-order valence-corrected chi connectivity index (χ2v) is 7.53. The minimum absolute atomic E-state index is 0.455. The van der Waals surface area contributed by atoms with Gasteiger partial charge in [-0.1, -0.05) is 25.1 Å². The van der Waals surface area contributed by atoms with E-state index in [4.69, 9.17) is 22.9 Å². The lowest BCUT2D eigenvalue weighted by molar-refractivity contribution is 0.474. The van der Waals surface area contributed by atoms with Crippen LogP contribution in [0.1, 0.15) is 48.9 Å². The Morgan fingerprint density at radius 3 is 2.90 bits per heavy atom. The Hall–Kier alpha value is -0.810. The van der Waals surface area contributed by atoms with Gasteiger partial charge in [0.15, 0.2) is 0 Å². The number of hydrogen-bond donors (Lipinski definition) is 2. The number of thiocarbonyl (C=S) groups is 1.